The first-order valence-electron chi connectivity index (χ1n) is 12.6. The number of nitrogens with one attached hydrogen (secondary N) is 2. The molecular weight excluding hydrogens is 503 g/mol. The van der Waals surface area contributed by atoms with Gasteiger partial charge in [0.1, 0.15) is 5.82 Å². The number of nitrogens with zero attached hydrogens (tertiary/aromatic N) is 2. The number of carbonyl (C=O) groups is 1. The molecule has 38 heavy (non-hydrogen) atoms. The Morgan fingerprint density at radius 3 is 2.68 bits per heavy atom. The van der Waals surface area contributed by atoms with E-state index in [1.807, 2.05) is 30.3 Å². The SMILES string of the molecule is CC/C(=C(/c1ccc(OCCCC/C=C/C(=O)NC)nc1)c1ccc2[nH]ncc2c1)c1ccc(F)cc1Cl. The Hall–Kier alpha value is -3.97. The van der Waals surface area contributed by atoms with Gasteiger partial charge < -0.3 is 10.1 Å². The predicted octanol–water partition coefficient (Wildman–Crippen LogP) is 6.97. The van der Waals surface area contributed by atoms with Crippen LogP contribution >= 0.6 is 11.6 Å². The first-order valence-corrected chi connectivity index (χ1v) is 13.0. The molecule has 0 bridgehead atoms. The van der Waals surface area contributed by atoms with Crippen LogP contribution in [-0.2, 0) is 4.79 Å². The first kappa shape index (κ1) is 27.1. The van der Waals surface area contributed by atoms with Gasteiger partial charge in [-0.1, -0.05) is 36.7 Å². The lowest BCUT2D eigenvalue weighted by Crippen LogP contribution is -2.13. The Kier molecular flexibility index (Phi) is 9.27. The molecule has 0 aliphatic rings. The maximum Gasteiger partial charge on any atom is 0.243 e. The normalized spacial score (nSPS) is 12.1. The summed E-state index contributed by atoms with van der Waals surface area (Å²) >= 11 is 6.50. The molecule has 0 aliphatic carbocycles. The highest BCUT2D eigenvalue weighted by molar-refractivity contribution is 6.32. The van der Waals surface area contributed by atoms with Crippen LogP contribution in [0.4, 0.5) is 4.39 Å². The molecule has 0 fully saturated rings. The van der Waals surface area contributed by atoms with Gasteiger partial charge in [0.2, 0.25) is 11.8 Å². The number of ether oxygens (including phenoxy) is 1. The van der Waals surface area contributed by atoms with E-state index >= 15 is 0 Å². The Morgan fingerprint density at radius 1 is 1.11 bits per heavy atom. The standard InChI is InChI=1S/C30H30ClFN4O2/c1-3-24(25-12-11-23(32)17-26(25)31)30(20-9-13-27-22(16-20)19-35-36-27)21-10-14-29(34-18-21)38-15-7-5-4-6-8-28(37)33-2/h6,8-14,16-19H,3-5,7,15H2,1-2H3,(H,33,37)(H,35,36)/b8-6+,30-24-. The number of hydrogen-bond donors (Lipinski definition) is 2. The van der Waals surface area contributed by atoms with Crippen LogP contribution < -0.4 is 10.1 Å². The maximum atomic E-state index is 13.8. The Bertz CT molecular complexity index is 1460. The molecule has 6 nitrogen and oxygen atoms in total. The van der Waals surface area contributed by atoms with Gasteiger partial charge in [0, 0.05) is 30.3 Å². The average Bonchev–Trinajstić information content (AvgIpc) is 3.40. The maximum absolute atomic E-state index is 13.8. The third kappa shape index (κ3) is 6.66. The molecule has 2 N–H and O–H groups in total. The fourth-order valence-corrected chi connectivity index (χ4v) is 4.56. The molecule has 2 aromatic heterocycles. The second-order valence-corrected chi connectivity index (χ2v) is 9.16. The van der Waals surface area contributed by atoms with Gasteiger partial charge in [-0.05, 0) is 84.4 Å². The number of rotatable bonds is 11. The smallest absolute Gasteiger partial charge is 0.243 e. The molecule has 4 rings (SSSR count). The van der Waals surface area contributed by atoms with Crippen molar-refractivity contribution in [2.24, 2.45) is 0 Å². The van der Waals surface area contributed by atoms with E-state index in [-0.39, 0.29) is 11.7 Å². The number of likely N-dealkylation sites (N-methyl/N-ethyl adjacent to an activating group) is 1. The van der Waals surface area contributed by atoms with Crippen molar-refractivity contribution in [3.05, 3.63) is 101 Å². The number of hydrogen-bond acceptors (Lipinski definition) is 4. The van der Waals surface area contributed by atoms with Crippen molar-refractivity contribution < 1.29 is 13.9 Å². The van der Waals surface area contributed by atoms with Gasteiger partial charge in [-0.2, -0.15) is 5.10 Å². The highest BCUT2D eigenvalue weighted by Gasteiger charge is 2.17. The van der Waals surface area contributed by atoms with Gasteiger partial charge in [-0.3, -0.25) is 9.89 Å². The molecule has 4 aromatic rings. The Morgan fingerprint density at radius 2 is 1.95 bits per heavy atom. The lowest BCUT2D eigenvalue weighted by atomic mass is 9.88. The number of allylic oxidation sites excluding steroid dienone is 2. The summed E-state index contributed by atoms with van der Waals surface area (Å²) in [6, 6.07) is 14.4. The van der Waals surface area contributed by atoms with Gasteiger partial charge in [-0.25, -0.2) is 9.37 Å². The number of aromatic nitrogens is 3. The van der Waals surface area contributed by atoms with E-state index in [0.717, 1.165) is 58.0 Å². The van der Waals surface area contributed by atoms with Crippen molar-refractivity contribution in [2.75, 3.05) is 13.7 Å². The number of pyridine rings is 1. The summed E-state index contributed by atoms with van der Waals surface area (Å²) in [4.78, 5) is 15.8. The minimum atomic E-state index is -0.374. The molecule has 0 radical (unpaired) electrons. The first-order chi connectivity index (χ1) is 18.5. The van der Waals surface area contributed by atoms with Crippen molar-refractivity contribution in [3.63, 3.8) is 0 Å². The molecule has 8 heteroatoms. The van der Waals surface area contributed by atoms with Crippen LogP contribution in [0.15, 0.2) is 73.1 Å². The van der Waals surface area contributed by atoms with Crippen molar-refractivity contribution in [1.82, 2.24) is 20.5 Å². The molecule has 0 unspecified atom stereocenters. The highest BCUT2D eigenvalue weighted by Crippen LogP contribution is 2.38. The summed E-state index contributed by atoms with van der Waals surface area (Å²) in [6.45, 7) is 2.59. The second kappa shape index (κ2) is 13.0. The minimum Gasteiger partial charge on any atom is -0.478 e. The van der Waals surface area contributed by atoms with Crippen LogP contribution in [0.5, 0.6) is 5.88 Å². The van der Waals surface area contributed by atoms with Gasteiger partial charge in [0.05, 0.1) is 23.3 Å². The zero-order valence-electron chi connectivity index (χ0n) is 21.4. The molecule has 2 heterocycles. The Balaban J connectivity index is 1.59. The van der Waals surface area contributed by atoms with E-state index in [2.05, 4.69) is 33.5 Å². The molecule has 1 amide bonds. The lowest BCUT2D eigenvalue weighted by Gasteiger charge is -2.17. The van der Waals surface area contributed by atoms with Crippen LogP contribution in [0.25, 0.3) is 22.0 Å². The number of aromatic amines is 1. The molecule has 0 spiro atoms. The van der Waals surface area contributed by atoms with Gasteiger partial charge >= 0.3 is 0 Å². The van der Waals surface area contributed by atoms with E-state index in [1.165, 1.54) is 12.1 Å². The fourth-order valence-electron chi connectivity index (χ4n) is 4.28. The van der Waals surface area contributed by atoms with Crippen LogP contribution in [-0.4, -0.2) is 34.7 Å². The molecular formula is C30H30ClFN4O2. The van der Waals surface area contributed by atoms with Gasteiger partial charge in [-0.15, -0.1) is 0 Å². The van der Waals surface area contributed by atoms with Crippen LogP contribution in [0, 0.1) is 5.82 Å². The average molecular weight is 533 g/mol. The van der Waals surface area contributed by atoms with Gasteiger partial charge in [0.25, 0.3) is 0 Å². The predicted molar refractivity (Wildman–Crippen MR) is 151 cm³/mol. The number of halogens is 2. The summed E-state index contributed by atoms with van der Waals surface area (Å²) < 4.78 is 19.7. The Labute approximate surface area is 226 Å². The van der Waals surface area contributed by atoms with E-state index < -0.39 is 0 Å². The van der Waals surface area contributed by atoms with Crippen molar-refractivity contribution in [3.8, 4) is 5.88 Å². The third-order valence-corrected chi connectivity index (χ3v) is 6.51. The summed E-state index contributed by atoms with van der Waals surface area (Å²) in [5.41, 5.74) is 5.55. The largest absolute Gasteiger partial charge is 0.478 e. The van der Waals surface area contributed by atoms with E-state index in [1.54, 1.807) is 31.6 Å². The van der Waals surface area contributed by atoms with E-state index in [9.17, 15) is 9.18 Å². The summed E-state index contributed by atoms with van der Waals surface area (Å²) in [6.07, 6.45) is 10.2. The van der Waals surface area contributed by atoms with Crippen LogP contribution in [0.1, 0.15) is 49.3 Å². The fraction of sp³-hybridized carbons (Fsp3) is 0.233. The molecule has 0 saturated heterocycles. The second-order valence-electron chi connectivity index (χ2n) is 8.75. The van der Waals surface area contributed by atoms with Crippen molar-refractivity contribution in [2.45, 2.75) is 32.6 Å². The molecule has 0 atom stereocenters. The molecule has 196 valence electrons. The van der Waals surface area contributed by atoms with E-state index in [4.69, 9.17) is 16.3 Å². The number of carbonyl (C=O) groups excluding carboxylic acids is 1. The number of H-pyrrole nitrogens is 1. The molecule has 0 saturated carbocycles. The highest BCUT2D eigenvalue weighted by atomic mass is 35.5. The summed E-state index contributed by atoms with van der Waals surface area (Å²) in [5, 5.41) is 11.0. The summed E-state index contributed by atoms with van der Waals surface area (Å²) in [7, 11) is 1.61. The minimum absolute atomic E-state index is 0.100. The topological polar surface area (TPSA) is 79.9 Å². The number of amides is 1. The number of fused-ring (bicyclic) bond motifs is 1. The number of unbranched alkanes of at least 4 members (excludes halogenated alkanes) is 2. The zero-order valence-corrected chi connectivity index (χ0v) is 22.2. The van der Waals surface area contributed by atoms with E-state index in [0.29, 0.717) is 23.9 Å². The zero-order chi connectivity index (χ0) is 26.9. The molecule has 2 aromatic carbocycles. The van der Waals surface area contributed by atoms with Crippen LogP contribution in [0.3, 0.4) is 0 Å². The lowest BCUT2D eigenvalue weighted by molar-refractivity contribution is -0.116. The van der Waals surface area contributed by atoms with Crippen molar-refractivity contribution in [1.29, 1.82) is 0 Å². The monoisotopic (exact) mass is 532 g/mol. The quantitative estimate of drug-likeness (QED) is 0.124. The van der Waals surface area contributed by atoms with Crippen LogP contribution in [0.2, 0.25) is 5.02 Å². The van der Waals surface area contributed by atoms with Crippen molar-refractivity contribution >= 4 is 39.6 Å². The summed E-state index contributed by atoms with van der Waals surface area (Å²) in [5.74, 6) is 0.0648. The third-order valence-electron chi connectivity index (χ3n) is 6.20. The number of benzene rings is 2. The van der Waals surface area contributed by atoms with Gasteiger partial charge in [0.15, 0.2) is 0 Å². The molecule has 0 aliphatic heterocycles.